The van der Waals surface area contributed by atoms with Crippen LogP contribution in [0.3, 0.4) is 0 Å². The molecule has 1 aliphatic rings. The van der Waals surface area contributed by atoms with Crippen LogP contribution in [0.15, 0.2) is 10.6 Å². The van der Waals surface area contributed by atoms with Crippen LogP contribution < -0.4 is 5.32 Å². The Morgan fingerprint density at radius 1 is 1.47 bits per heavy atom. The third kappa shape index (κ3) is 4.33. The predicted molar refractivity (Wildman–Crippen MR) is 70.1 cm³/mol. The van der Waals surface area contributed by atoms with Gasteiger partial charge in [-0.2, -0.15) is 0 Å². The molecule has 2 heterocycles. The summed E-state index contributed by atoms with van der Waals surface area (Å²) in [5, 5.41) is 6.60. The number of carbonyl (C=O) groups is 1. The molecule has 1 aromatic heterocycles. The molecule has 106 valence electrons. The topological polar surface area (TPSA) is 67.6 Å². The van der Waals surface area contributed by atoms with Gasteiger partial charge in [0.15, 0.2) is 5.69 Å². The maximum Gasteiger partial charge on any atom is 0.273 e. The van der Waals surface area contributed by atoms with E-state index in [1.165, 1.54) is 0 Å². The Morgan fingerprint density at radius 3 is 2.95 bits per heavy atom. The van der Waals surface area contributed by atoms with Crippen LogP contribution >= 0.6 is 0 Å². The van der Waals surface area contributed by atoms with Gasteiger partial charge in [-0.15, -0.1) is 0 Å². The first-order valence-electron chi connectivity index (χ1n) is 6.83. The van der Waals surface area contributed by atoms with Crippen molar-refractivity contribution in [2.24, 2.45) is 0 Å². The van der Waals surface area contributed by atoms with Crippen molar-refractivity contribution in [1.29, 1.82) is 0 Å². The Hall–Kier alpha value is -1.40. The van der Waals surface area contributed by atoms with Gasteiger partial charge >= 0.3 is 0 Å². The van der Waals surface area contributed by atoms with E-state index in [1.807, 2.05) is 6.92 Å². The maximum atomic E-state index is 11.8. The molecule has 1 N–H and O–H groups in total. The number of morpholine rings is 1. The predicted octanol–water partition coefficient (Wildman–Crippen LogP) is 0.689. The van der Waals surface area contributed by atoms with Crippen molar-refractivity contribution in [1.82, 2.24) is 15.4 Å². The summed E-state index contributed by atoms with van der Waals surface area (Å²) in [6.07, 6.45) is 1.68. The first kappa shape index (κ1) is 14.0. The average molecular weight is 267 g/mol. The number of aromatic nitrogens is 1. The summed E-state index contributed by atoms with van der Waals surface area (Å²) in [4.78, 5) is 14.1. The zero-order chi connectivity index (χ0) is 13.5. The van der Waals surface area contributed by atoms with Crippen molar-refractivity contribution in [2.75, 3.05) is 39.4 Å². The highest BCUT2D eigenvalue weighted by Crippen LogP contribution is 2.04. The van der Waals surface area contributed by atoms with Crippen LogP contribution in [0.1, 0.15) is 29.6 Å². The van der Waals surface area contributed by atoms with Crippen LogP contribution in [0.5, 0.6) is 0 Å². The summed E-state index contributed by atoms with van der Waals surface area (Å²) in [7, 11) is 0. The highest BCUT2D eigenvalue weighted by atomic mass is 16.5. The van der Waals surface area contributed by atoms with Gasteiger partial charge in [-0.1, -0.05) is 12.1 Å². The number of ether oxygens (including phenoxy) is 1. The van der Waals surface area contributed by atoms with E-state index in [9.17, 15) is 4.79 Å². The van der Waals surface area contributed by atoms with E-state index in [-0.39, 0.29) is 5.91 Å². The molecule has 0 aromatic carbocycles. The minimum absolute atomic E-state index is 0.162. The average Bonchev–Trinajstić information content (AvgIpc) is 2.93. The van der Waals surface area contributed by atoms with Crippen molar-refractivity contribution in [3.05, 3.63) is 17.5 Å². The number of aryl methyl sites for hydroxylation is 1. The second kappa shape index (κ2) is 7.25. The molecule has 0 aliphatic carbocycles. The summed E-state index contributed by atoms with van der Waals surface area (Å²) >= 11 is 0. The van der Waals surface area contributed by atoms with Crippen LogP contribution in [-0.4, -0.2) is 55.4 Å². The first-order valence-corrected chi connectivity index (χ1v) is 6.83. The van der Waals surface area contributed by atoms with Crippen molar-refractivity contribution in [2.45, 2.75) is 19.8 Å². The second-order valence-electron chi connectivity index (χ2n) is 4.60. The van der Waals surface area contributed by atoms with Gasteiger partial charge < -0.3 is 14.6 Å². The van der Waals surface area contributed by atoms with Gasteiger partial charge in [0.2, 0.25) is 0 Å². The highest BCUT2D eigenvalue weighted by Gasteiger charge is 2.12. The monoisotopic (exact) mass is 267 g/mol. The van der Waals surface area contributed by atoms with Gasteiger partial charge in [-0.3, -0.25) is 9.69 Å². The lowest BCUT2D eigenvalue weighted by Crippen LogP contribution is -2.38. The summed E-state index contributed by atoms with van der Waals surface area (Å²) in [6, 6.07) is 1.69. The maximum absolute atomic E-state index is 11.8. The van der Waals surface area contributed by atoms with Gasteiger partial charge in [0.05, 0.1) is 13.2 Å². The molecule has 1 aromatic rings. The third-order valence-corrected chi connectivity index (χ3v) is 3.18. The fourth-order valence-corrected chi connectivity index (χ4v) is 2.01. The second-order valence-corrected chi connectivity index (χ2v) is 4.60. The minimum Gasteiger partial charge on any atom is -0.379 e. The Kier molecular flexibility index (Phi) is 5.35. The van der Waals surface area contributed by atoms with E-state index < -0.39 is 0 Å². The molecule has 0 atom stereocenters. The van der Waals surface area contributed by atoms with E-state index in [0.29, 0.717) is 12.2 Å². The smallest absolute Gasteiger partial charge is 0.273 e. The molecule has 6 heteroatoms. The molecule has 2 rings (SSSR count). The normalized spacial score (nSPS) is 16.5. The number of carbonyl (C=O) groups excluding carboxylic acids is 1. The molecule has 0 saturated carbocycles. The van der Waals surface area contributed by atoms with Gasteiger partial charge in [-0.25, -0.2) is 0 Å². The lowest BCUT2D eigenvalue weighted by atomic mass is 10.3. The molecule has 0 bridgehead atoms. The van der Waals surface area contributed by atoms with Gasteiger partial charge in [-0.05, 0) is 13.0 Å². The number of hydrogen-bond acceptors (Lipinski definition) is 5. The summed E-state index contributed by atoms with van der Waals surface area (Å²) < 4.78 is 10.3. The van der Waals surface area contributed by atoms with E-state index in [1.54, 1.807) is 6.07 Å². The number of nitrogens with one attached hydrogen (secondary N) is 1. The van der Waals surface area contributed by atoms with Crippen molar-refractivity contribution in [3.8, 4) is 0 Å². The summed E-state index contributed by atoms with van der Waals surface area (Å²) in [6.45, 7) is 7.20. The minimum atomic E-state index is -0.162. The van der Waals surface area contributed by atoms with E-state index >= 15 is 0 Å². The molecule has 0 unspecified atom stereocenters. The van der Waals surface area contributed by atoms with E-state index in [4.69, 9.17) is 9.26 Å². The van der Waals surface area contributed by atoms with E-state index in [2.05, 4.69) is 15.4 Å². The Labute approximate surface area is 113 Å². The number of rotatable bonds is 6. The highest BCUT2D eigenvalue weighted by molar-refractivity contribution is 5.92. The lowest BCUT2D eigenvalue weighted by Gasteiger charge is -2.26. The molecular formula is C13H21N3O3. The fourth-order valence-electron chi connectivity index (χ4n) is 2.01. The van der Waals surface area contributed by atoms with Gasteiger partial charge in [0, 0.05) is 32.1 Å². The zero-order valence-electron chi connectivity index (χ0n) is 11.4. The van der Waals surface area contributed by atoms with Crippen molar-refractivity contribution < 1.29 is 14.1 Å². The quantitative estimate of drug-likeness (QED) is 0.768. The number of amides is 1. The molecule has 6 nitrogen and oxygen atoms in total. The molecule has 0 spiro atoms. The lowest BCUT2D eigenvalue weighted by molar-refractivity contribution is 0.0374. The molecule has 0 radical (unpaired) electrons. The largest absolute Gasteiger partial charge is 0.379 e. The van der Waals surface area contributed by atoms with E-state index in [0.717, 1.165) is 51.4 Å². The van der Waals surface area contributed by atoms with Crippen LogP contribution in [0.2, 0.25) is 0 Å². The van der Waals surface area contributed by atoms with Crippen LogP contribution in [0, 0.1) is 0 Å². The van der Waals surface area contributed by atoms with Crippen molar-refractivity contribution in [3.63, 3.8) is 0 Å². The fraction of sp³-hybridized carbons (Fsp3) is 0.692. The Morgan fingerprint density at radius 2 is 2.26 bits per heavy atom. The van der Waals surface area contributed by atoms with Crippen LogP contribution in [0.4, 0.5) is 0 Å². The first-order chi connectivity index (χ1) is 9.29. The zero-order valence-corrected chi connectivity index (χ0v) is 11.4. The molecular weight excluding hydrogens is 246 g/mol. The number of hydrogen-bond donors (Lipinski definition) is 1. The SMILES string of the molecule is CCc1cc(C(=O)NCCCN2CCOCC2)no1. The molecule has 1 aliphatic heterocycles. The van der Waals surface area contributed by atoms with Crippen LogP contribution in [0.25, 0.3) is 0 Å². The van der Waals surface area contributed by atoms with Crippen LogP contribution in [-0.2, 0) is 11.2 Å². The molecule has 1 fully saturated rings. The molecule has 1 amide bonds. The molecule has 1 saturated heterocycles. The summed E-state index contributed by atoms with van der Waals surface area (Å²) in [5.74, 6) is 0.573. The molecule has 19 heavy (non-hydrogen) atoms. The standard InChI is InChI=1S/C13H21N3O3/c1-2-11-10-12(15-19-11)13(17)14-4-3-5-16-6-8-18-9-7-16/h10H,2-9H2,1H3,(H,14,17). The number of nitrogens with zero attached hydrogens (tertiary/aromatic N) is 2. The Balaban J connectivity index is 1.63. The van der Waals surface area contributed by atoms with Gasteiger partial charge in [0.25, 0.3) is 5.91 Å². The van der Waals surface area contributed by atoms with Crippen molar-refractivity contribution >= 4 is 5.91 Å². The Bertz CT molecular complexity index is 400. The summed E-state index contributed by atoms with van der Waals surface area (Å²) in [5.41, 5.74) is 0.364. The van der Waals surface area contributed by atoms with Gasteiger partial charge in [0.1, 0.15) is 5.76 Å². The third-order valence-electron chi connectivity index (χ3n) is 3.18.